The minimum atomic E-state index is -0.215. The molecule has 5 heteroatoms. The van der Waals surface area contributed by atoms with Crippen LogP contribution in [0.4, 0.5) is 0 Å². The summed E-state index contributed by atoms with van der Waals surface area (Å²) in [4.78, 5) is 27.7. The molecule has 2 atom stereocenters. The van der Waals surface area contributed by atoms with Gasteiger partial charge in [0.25, 0.3) is 0 Å². The molecule has 0 radical (unpaired) electrons. The Bertz CT molecular complexity index is 719. The van der Waals surface area contributed by atoms with Crippen LogP contribution in [0.1, 0.15) is 64.3 Å². The topological polar surface area (TPSA) is 54.3 Å². The predicted octanol–water partition coefficient (Wildman–Crippen LogP) is 3.13. The number of carbonyl (C=O) groups excluding carboxylic acids is 2. The smallest absolute Gasteiger partial charge is 0.228 e. The lowest BCUT2D eigenvalue weighted by molar-refractivity contribution is -0.164. The first-order valence-electron chi connectivity index (χ1n) is 10.7. The van der Waals surface area contributed by atoms with E-state index in [1.165, 1.54) is 6.42 Å². The largest absolute Gasteiger partial charge is 0.351 e. The second-order valence-corrected chi connectivity index (χ2v) is 9.86. The number of piperidine rings is 1. The molecule has 4 aliphatic carbocycles. The van der Waals surface area contributed by atoms with Crippen LogP contribution in [0.2, 0.25) is 0 Å². The molecule has 4 bridgehead atoms. The minimum Gasteiger partial charge on any atom is -0.351 e. The second-order valence-electron chi connectivity index (χ2n) is 9.86. The van der Waals surface area contributed by atoms with Crippen LogP contribution in [0.15, 0.2) is 24.5 Å². The average molecular weight is 370 g/mol. The van der Waals surface area contributed by atoms with Gasteiger partial charge in [-0.3, -0.25) is 9.59 Å². The van der Waals surface area contributed by atoms with E-state index >= 15 is 0 Å². The van der Waals surface area contributed by atoms with Crippen molar-refractivity contribution >= 4 is 11.8 Å². The Morgan fingerprint density at radius 1 is 1.00 bits per heavy atom. The molecular formula is C22H31N3O2. The van der Waals surface area contributed by atoms with E-state index < -0.39 is 0 Å². The van der Waals surface area contributed by atoms with Crippen LogP contribution in [-0.2, 0) is 9.59 Å². The van der Waals surface area contributed by atoms with E-state index in [-0.39, 0.29) is 16.9 Å². The molecule has 2 amide bonds. The number of nitrogens with one attached hydrogen (secondary N) is 1. The van der Waals surface area contributed by atoms with Crippen molar-refractivity contribution in [1.82, 2.24) is 14.8 Å². The van der Waals surface area contributed by atoms with Crippen molar-refractivity contribution in [3.8, 4) is 0 Å². The van der Waals surface area contributed by atoms with Crippen LogP contribution in [0.5, 0.6) is 0 Å². The van der Waals surface area contributed by atoms with Crippen LogP contribution < -0.4 is 5.32 Å². The van der Waals surface area contributed by atoms with Gasteiger partial charge in [0.2, 0.25) is 11.8 Å². The molecule has 6 rings (SSSR count). The van der Waals surface area contributed by atoms with Crippen molar-refractivity contribution < 1.29 is 9.59 Å². The van der Waals surface area contributed by atoms with Gasteiger partial charge in [-0.25, -0.2) is 0 Å². The highest BCUT2D eigenvalue weighted by Crippen LogP contribution is 2.62. The highest BCUT2D eigenvalue weighted by atomic mass is 16.2. The Labute approximate surface area is 161 Å². The zero-order valence-electron chi connectivity index (χ0n) is 16.3. The van der Waals surface area contributed by atoms with Crippen molar-refractivity contribution in [2.24, 2.45) is 17.3 Å². The third-order valence-electron chi connectivity index (χ3n) is 7.76. The van der Waals surface area contributed by atoms with Gasteiger partial charge >= 0.3 is 0 Å². The Hall–Kier alpha value is -1.78. The SMILES string of the molecule is CC(=O)NC12CC3CC(C1)CC(C(=O)N1CCC(n4cccc4)CC1)(C3)C2. The molecule has 0 aromatic carbocycles. The Morgan fingerprint density at radius 2 is 1.63 bits per heavy atom. The maximum Gasteiger partial charge on any atom is 0.228 e. The zero-order valence-corrected chi connectivity index (χ0v) is 16.3. The van der Waals surface area contributed by atoms with Crippen molar-refractivity contribution in [2.45, 2.75) is 69.9 Å². The van der Waals surface area contributed by atoms with E-state index in [4.69, 9.17) is 0 Å². The van der Waals surface area contributed by atoms with Gasteiger partial charge in [-0.15, -0.1) is 0 Å². The molecule has 0 spiro atoms. The average Bonchev–Trinajstić information content (AvgIpc) is 3.13. The lowest BCUT2D eigenvalue weighted by Crippen LogP contribution is -2.66. The lowest BCUT2D eigenvalue weighted by atomic mass is 9.46. The van der Waals surface area contributed by atoms with Crippen molar-refractivity contribution in [3.63, 3.8) is 0 Å². The monoisotopic (exact) mass is 369 g/mol. The predicted molar refractivity (Wildman–Crippen MR) is 103 cm³/mol. The van der Waals surface area contributed by atoms with E-state index in [2.05, 4.69) is 39.3 Å². The van der Waals surface area contributed by atoms with E-state index in [0.717, 1.165) is 58.0 Å². The first-order valence-corrected chi connectivity index (χ1v) is 10.7. The lowest BCUT2D eigenvalue weighted by Gasteiger charge is -2.62. The highest BCUT2D eigenvalue weighted by Gasteiger charge is 2.61. The summed E-state index contributed by atoms with van der Waals surface area (Å²) in [6.07, 6.45) is 12.7. The molecule has 1 saturated heterocycles. The number of amides is 2. The normalized spacial score (nSPS) is 38.2. The quantitative estimate of drug-likeness (QED) is 0.890. The van der Waals surface area contributed by atoms with Gasteiger partial charge in [0.15, 0.2) is 0 Å². The summed E-state index contributed by atoms with van der Waals surface area (Å²) in [5.41, 5.74) is -0.331. The van der Waals surface area contributed by atoms with E-state index in [9.17, 15) is 9.59 Å². The maximum atomic E-state index is 13.7. The van der Waals surface area contributed by atoms with Crippen molar-refractivity contribution in [2.75, 3.05) is 13.1 Å². The molecule has 1 aromatic rings. The Balaban J connectivity index is 1.32. The first-order chi connectivity index (χ1) is 13.0. The first kappa shape index (κ1) is 17.3. The van der Waals surface area contributed by atoms with Gasteiger partial charge in [-0.2, -0.15) is 0 Å². The number of aromatic nitrogens is 1. The van der Waals surface area contributed by atoms with Crippen LogP contribution in [0, 0.1) is 17.3 Å². The molecule has 1 N–H and O–H groups in total. The number of hydrogen-bond donors (Lipinski definition) is 1. The molecule has 4 saturated carbocycles. The molecule has 27 heavy (non-hydrogen) atoms. The fraction of sp³-hybridized carbons (Fsp3) is 0.727. The molecule has 2 heterocycles. The Morgan fingerprint density at radius 3 is 2.22 bits per heavy atom. The van der Waals surface area contributed by atoms with Gasteiger partial charge in [0.1, 0.15) is 0 Å². The van der Waals surface area contributed by atoms with E-state index in [0.29, 0.717) is 23.8 Å². The zero-order chi connectivity index (χ0) is 18.6. The summed E-state index contributed by atoms with van der Waals surface area (Å²) in [6.45, 7) is 3.36. The van der Waals surface area contributed by atoms with E-state index in [1.54, 1.807) is 6.92 Å². The summed E-state index contributed by atoms with van der Waals surface area (Å²) < 4.78 is 2.29. The van der Waals surface area contributed by atoms with Crippen LogP contribution in [0.3, 0.4) is 0 Å². The van der Waals surface area contributed by atoms with Gasteiger partial charge in [-0.05, 0) is 75.3 Å². The summed E-state index contributed by atoms with van der Waals surface area (Å²) in [7, 11) is 0. The van der Waals surface area contributed by atoms with Gasteiger partial charge in [0.05, 0.1) is 5.41 Å². The molecule has 146 valence electrons. The third-order valence-corrected chi connectivity index (χ3v) is 7.76. The van der Waals surface area contributed by atoms with Crippen LogP contribution in [-0.4, -0.2) is 39.9 Å². The van der Waals surface area contributed by atoms with Gasteiger partial charge < -0.3 is 14.8 Å². The standard InChI is InChI=1S/C22H31N3O2/c1-16(26)23-22-13-17-10-18(14-22)12-21(11-17,15-22)20(27)25-8-4-19(5-9-25)24-6-2-3-7-24/h2-3,6-7,17-19H,4-5,8-15H2,1H3,(H,23,26). The molecule has 5 aliphatic rings. The highest BCUT2D eigenvalue weighted by molar-refractivity contribution is 5.84. The summed E-state index contributed by atoms with van der Waals surface area (Å²) >= 11 is 0. The maximum absolute atomic E-state index is 13.7. The summed E-state index contributed by atoms with van der Waals surface area (Å²) in [5, 5.41) is 3.28. The molecule has 1 aliphatic heterocycles. The number of rotatable bonds is 3. The minimum absolute atomic E-state index is 0.0621. The number of hydrogen-bond acceptors (Lipinski definition) is 2. The van der Waals surface area contributed by atoms with Crippen molar-refractivity contribution in [1.29, 1.82) is 0 Å². The summed E-state index contributed by atoms with van der Waals surface area (Å²) in [5.74, 6) is 1.67. The fourth-order valence-corrected chi connectivity index (χ4v) is 7.33. The van der Waals surface area contributed by atoms with E-state index in [1.807, 2.05) is 0 Å². The number of nitrogens with zero attached hydrogens (tertiary/aromatic N) is 2. The molecule has 5 fully saturated rings. The number of likely N-dealkylation sites (tertiary alicyclic amines) is 1. The second kappa shape index (κ2) is 6.11. The molecule has 5 nitrogen and oxygen atoms in total. The molecule has 1 aromatic heterocycles. The molecule has 2 unspecified atom stereocenters. The summed E-state index contributed by atoms with van der Waals surface area (Å²) in [6, 6.07) is 4.68. The molecular weight excluding hydrogens is 338 g/mol. The van der Waals surface area contributed by atoms with Crippen LogP contribution >= 0.6 is 0 Å². The fourth-order valence-electron chi connectivity index (χ4n) is 7.33. The van der Waals surface area contributed by atoms with Crippen LogP contribution in [0.25, 0.3) is 0 Å². The van der Waals surface area contributed by atoms with Gasteiger partial charge in [0, 0.05) is 44.0 Å². The Kier molecular flexibility index (Phi) is 3.92. The third kappa shape index (κ3) is 2.90. The van der Waals surface area contributed by atoms with Crippen molar-refractivity contribution in [3.05, 3.63) is 24.5 Å². The number of carbonyl (C=O) groups is 2. The van der Waals surface area contributed by atoms with Gasteiger partial charge in [-0.1, -0.05) is 0 Å².